The van der Waals surface area contributed by atoms with Gasteiger partial charge in [0.2, 0.25) is 5.91 Å². The monoisotopic (exact) mass is 533 g/mol. The lowest BCUT2D eigenvalue weighted by atomic mass is 10.0. The Hall–Kier alpha value is -4.98. The van der Waals surface area contributed by atoms with Crippen LogP contribution >= 0.6 is 0 Å². The molecule has 200 valence electrons. The Labute approximate surface area is 230 Å². The number of hydrogen-bond acceptors (Lipinski definition) is 4. The molecule has 3 N–H and O–H groups in total. The predicted molar refractivity (Wildman–Crippen MR) is 157 cm³/mol. The molecule has 3 aromatic carbocycles. The second-order valence-electron chi connectivity index (χ2n) is 9.78. The first-order valence-corrected chi connectivity index (χ1v) is 13.2. The smallest absolute Gasteiger partial charge is 0.224 e. The molecular weight excluding hydrogens is 505 g/mol. The Kier molecular flexibility index (Phi) is 6.74. The summed E-state index contributed by atoms with van der Waals surface area (Å²) in [5.41, 5.74) is 7.55. The minimum absolute atomic E-state index is 0.0109. The quantitative estimate of drug-likeness (QED) is 0.187. The fourth-order valence-corrected chi connectivity index (χ4v) is 5.00. The van der Waals surface area contributed by atoms with Crippen molar-refractivity contribution in [2.75, 3.05) is 12.4 Å². The standard InChI is InChI=1S/C32H28FN5O2/c1-3-4-8-31(39)35-23-12-21(17-34-18-23)19-9-10-29-27(14-19)32(38-37-29)30-16-26-25(6-5-7-28(26)36-30)20-11-22(33)15-24(13-20)40-2/h5-7,9-18,36H,3-4,8H2,1-2H3,(H,35,39)(H,37,38). The number of benzene rings is 3. The number of H-pyrrole nitrogens is 2. The number of carbonyl (C=O) groups is 1. The van der Waals surface area contributed by atoms with Gasteiger partial charge in [0.05, 0.1) is 30.2 Å². The number of rotatable bonds is 8. The maximum Gasteiger partial charge on any atom is 0.224 e. The number of carbonyl (C=O) groups excluding carboxylic acids is 1. The molecule has 3 aromatic heterocycles. The van der Waals surface area contributed by atoms with Crippen LogP contribution in [0.1, 0.15) is 26.2 Å². The van der Waals surface area contributed by atoms with E-state index in [1.807, 2.05) is 48.5 Å². The molecule has 0 unspecified atom stereocenters. The number of nitrogens with one attached hydrogen (secondary N) is 3. The van der Waals surface area contributed by atoms with Crippen molar-refractivity contribution in [2.45, 2.75) is 26.2 Å². The number of nitrogens with zero attached hydrogens (tertiary/aromatic N) is 2. The Morgan fingerprint density at radius 1 is 0.950 bits per heavy atom. The molecule has 6 rings (SSSR count). The van der Waals surface area contributed by atoms with Crippen molar-refractivity contribution in [3.05, 3.63) is 84.9 Å². The van der Waals surface area contributed by atoms with E-state index in [-0.39, 0.29) is 11.7 Å². The molecule has 3 heterocycles. The number of aromatic amines is 2. The van der Waals surface area contributed by atoms with Gasteiger partial charge in [-0.1, -0.05) is 31.5 Å². The van der Waals surface area contributed by atoms with Crippen molar-refractivity contribution in [1.82, 2.24) is 20.2 Å². The second-order valence-corrected chi connectivity index (χ2v) is 9.78. The topological polar surface area (TPSA) is 95.7 Å². The number of methoxy groups -OCH3 is 1. The lowest BCUT2D eigenvalue weighted by Crippen LogP contribution is -2.11. The largest absolute Gasteiger partial charge is 0.497 e. The van der Waals surface area contributed by atoms with Crippen LogP contribution in [0, 0.1) is 5.82 Å². The zero-order chi connectivity index (χ0) is 27.6. The summed E-state index contributed by atoms with van der Waals surface area (Å²) in [6.07, 6.45) is 5.75. The van der Waals surface area contributed by atoms with Crippen molar-refractivity contribution in [2.24, 2.45) is 0 Å². The van der Waals surface area contributed by atoms with E-state index in [9.17, 15) is 9.18 Å². The predicted octanol–water partition coefficient (Wildman–Crippen LogP) is 7.72. The molecule has 0 saturated heterocycles. The summed E-state index contributed by atoms with van der Waals surface area (Å²) in [6.45, 7) is 2.06. The van der Waals surface area contributed by atoms with Crippen LogP contribution in [0.5, 0.6) is 5.75 Å². The number of fused-ring (bicyclic) bond motifs is 2. The highest BCUT2D eigenvalue weighted by atomic mass is 19.1. The zero-order valence-corrected chi connectivity index (χ0v) is 22.2. The summed E-state index contributed by atoms with van der Waals surface area (Å²) in [4.78, 5) is 20.0. The molecule has 0 saturated carbocycles. The molecule has 0 aliphatic carbocycles. The van der Waals surface area contributed by atoms with E-state index in [0.717, 1.165) is 68.3 Å². The first-order chi connectivity index (χ1) is 19.5. The highest BCUT2D eigenvalue weighted by Crippen LogP contribution is 2.36. The summed E-state index contributed by atoms with van der Waals surface area (Å²) in [5, 5.41) is 12.6. The third-order valence-electron chi connectivity index (χ3n) is 7.01. The molecule has 0 atom stereocenters. The SMILES string of the molecule is CCCCC(=O)Nc1cncc(-c2ccc3[nH]nc(-c4cc5c(-c6cc(F)cc(OC)c6)cccc5[nH]4)c3c2)c1. The normalized spacial score (nSPS) is 11.3. The third-order valence-corrected chi connectivity index (χ3v) is 7.01. The van der Waals surface area contributed by atoms with E-state index in [2.05, 4.69) is 38.5 Å². The number of pyridine rings is 1. The van der Waals surface area contributed by atoms with Crippen LogP contribution in [0.15, 0.2) is 79.1 Å². The number of amides is 1. The molecule has 40 heavy (non-hydrogen) atoms. The van der Waals surface area contributed by atoms with Crippen molar-refractivity contribution in [1.29, 1.82) is 0 Å². The fourth-order valence-electron chi connectivity index (χ4n) is 5.00. The molecule has 8 heteroatoms. The summed E-state index contributed by atoms with van der Waals surface area (Å²) >= 11 is 0. The number of hydrogen-bond donors (Lipinski definition) is 3. The molecule has 0 aliphatic heterocycles. The average molecular weight is 534 g/mol. The van der Waals surface area contributed by atoms with E-state index in [1.54, 1.807) is 12.4 Å². The van der Waals surface area contributed by atoms with Crippen molar-refractivity contribution >= 4 is 33.4 Å². The molecule has 7 nitrogen and oxygen atoms in total. The van der Waals surface area contributed by atoms with Crippen LogP contribution in [-0.4, -0.2) is 33.2 Å². The van der Waals surface area contributed by atoms with Crippen molar-refractivity contribution in [3.8, 4) is 39.4 Å². The van der Waals surface area contributed by atoms with Gasteiger partial charge in [-0.3, -0.25) is 14.9 Å². The van der Waals surface area contributed by atoms with Gasteiger partial charge in [0, 0.05) is 40.5 Å². The van der Waals surface area contributed by atoms with Gasteiger partial charge < -0.3 is 15.0 Å². The van der Waals surface area contributed by atoms with Crippen LogP contribution in [-0.2, 0) is 4.79 Å². The van der Waals surface area contributed by atoms with Gasteiger partial charge in [0.1, 0.15) is 17.3 Å². The molecular formula is C32H28FN5O2. The number of unbranched alkanes of at least 4 members (excludes halogenated alkanes) is 1. The van der Waals surface area contributed by atoms with Gasteiger partial charge in [-0.2, -0.15) is 5.10 Å². The summed E-state index contributed by atoms with van der Waals surface area (Å²) in [7, 11) is 1.53. The lowest BCUT2D eigenvalue weighted by Gasteiger charge is -2.07. The minimum atomic E-state index is -0.355. The Bertz CT molecular complexity index is 1860. The molecule has 0 spiro atoms. The van der Waals surface area contributed by atoms with Crippen molar-refractivity contribution in [3.63, 3.8) is 0 Å². The molecule has 0 aliphatic rings. The Morgan fingerprint density at radius 2 is 1.85 bits per heavy atom. The van der Waals surface area contributed by atoms with Gasteiger partial charge in [-0.25, -0.2) is 4.39 Å². The van der Waals surface area contributed by atoms with Crippen LogP contribution in [0.2, 0.25) is 0 Å². The maximum absolute atomic E-state index is 14.3. The minimum Gasteiger partial charge on any atom is -0.497 e. The second kappa shape index (κ2) is 10.6. The molecule has 0 radical (unpaired) electrons. The van der Waals surface area contributed by atoms with Crippen LogP contribution in [0.4, 0.5) is 10.1 Å². The Morgan fingerprint density at radius 3 is 2.70 bits per heavy atom. The highest BCUT2D eigenvalue weighted by Gasteiger charge is 2.15. The van der Waals surface area contributed by atoms with Crippen LogP contribution < -0.4 is 10.1 Å². The highest BCUT2D eigenvalue weighted by molar-refractivity contribution is 6.02. The summed E-state index contributed by atoms with van der Waals surface area (Å²) in [5.74, 6) is 0.0999. The Balaban J connectivity index is 1.38. The maximum atomic E-state index is 14.3. The molecule has 1 amide bonds. The number of anilines is 1. The van der Waals surface area contributed by atoms with Crippen molar-refractivity contribution < 1.29 is 13.9 Å². The van der Waals surface area contributed by atoms with E-state index in [4.69, 9.17) is 4.74 Å². The summed E-state index contributed by atoms with van der Waals surface area (Å²) < 4.78 is 19.6. The lowest BCUT2D eigenvalue weighted by molar-refractivity contribution is -0.116. The van der Waals surface area contributed by atoms with Gasteiger partial charge in [0.15, 0.2) is 0 Å². The average Bonchev–Trinajstić information content (AvgIpc) is 3.59. The molecule has 0 bridgehead atoms. The third kappa shape index (κ3) is 4.91. The van der Waals surface area contributed by atoms with Gasteiger partial charge in [-0.05, 0) is 65.6 Å². The van der Waals surface area contributed by atoms with Gasteiger partial charge in [-0.15, -0.1) is 0 Å². The van der Waals surface area contributed by atoms with Crippen LogP contribution in [0.3, 0.4) is 0 Å². The number of halogens is 1. The number of ether oxygens (including phenoxy) is 1. The molecule has 6 aromatic rings. The first kappa shape index (κ1) is 25.3. The van der Waals surface area contributed by atoms with E-state index in [0.29, 0.717) is 17.9 Å². The molecule has 0 fully saturated rings. The van der Waals surface area contributed by atoms with Gasteiger partial charge >= 0.3 is 0 Å². The van der Waals surface area contributed by atoms with E-state index in [1.165, 1.54) is 19.2 Å². The van der Waals surface area contributed by atoms with Gasteiger partial charge in [0.25, 0.3) is 0 Å². The van der Waals surface area contributed by atoms with E-state index < -0.39 is 0 Å². The first-order valence-electron chi connectivity index (χ1n) is 13.2. The van der Waals surface area contributed by atoms with Crippen LogP contribution in [0.25, 0.3) is 55.4 Å². The van der Waals surface area contributed by atoms with E-state index >= 15 is 0 Å². The zero-order valence-electron chi connectivity index (χ0n) is 22.2. The summed E-state index contributed by atoms with van der Waals surface area (Å²) in [6, 6.07) is 20.6. The fraction of sp³-hybridized carbons (Fsp3) is 0.156. The number of aromatic nitrogens is 4.